The second-order valence-corrected chi connectivity index (χ2v) is 6.11. The van der Waals surface area contributed by atoms with Gasteiger partial charge in [0, 0.05) is 0 Å². The van der Waals surface area contributed by atoms with E-state index < -0.39 is 18.1 Å². The van der Waals surface area contributed by atoms with E-state index >= 15 is 0 Å². The highest BCUT2D eigenvalue weighted by Crippen LogP contribution is 2.28. The number of nitrogens with one attached hydrogen (secondary N) is 1. The first-order valence-electron chi connectivity index (χ1n) is 8.36. The van der Waals surface area contributed by atoms with Crippen molar-refractivity contribution >= 4 is 17.8 Å². The lowest BCUT2D eigenvalue weighted by Gasteiger charge is -2.42. The number of β-lactam (4-membered cyclic amide) rings is 1. The third kappa shape index (κ3) is 3.74. The number of rotatable bonds is 6. The molecule has 0 aromatic heterocycles. The number of likely N-dealkylation sites (tertiary alicyclic amines) is 1. The molecular formula is C20H20N2O4. The van der Waals surface area contributed by atoms with E-state index in [2.05, 4.69) is 5.32 Å². The molecule has 26 heavy (non-hydrogen) atoms. The van der Waals surface area contributed by atoms with E-state index in [-0.39, 0.29) is 24.8 Å². The van der Waals surface area contributed by atoms with Crippen LogP contribution in [0.4, 0.5) is 0 Å². The Morgan fingerprint density at radius 2 is 1.73 bits per heavy atom. The molecule has 6 nitrogen and oxygen atoms in total. The molecule has 0 radical (unpaired) electrons. The Kier molecular flexibility index (Phi) is 5.31. The van der Waals surface area contributed by atoms with Crippen molar-refractivity contribution in [3.8, 4) is 0 Å². The standard InChI is InChI=1S/C20H20N2O4/c1-26-20(25)18(15-10-6-3-7-11-15)22-13-16(19(22)24)21-17(23)12-14-8-4-2-5-9-14/h2-11,16,18H,12-13H2,1H3,(H,21,23). The summed E-state index contributed by atoms with van der Waals surface area (Å²) in [5.74, 6) is -1.01. The number of carbonyl (C=O) groups is 3. The molecule has 1 aliphatic rings. The lowest BCUT2D eigenvalue weighted by atomic mass is 9.98. The first kappa shape index (κ1) is 17.7. The quantitative estimate of drug-likeness (QED) is 0.631. The largest absolute Gasteiger partial charge is 0.467 e. The molecule has 1 heterocycles. The maximum Gasteiger partial charge on any atom is 0.333 e. The zero-order valence-corrected chi connectivity index (χ0v) is 14.4. The van der Waals surface area contributed by atoms with Crippen LogP contribution in [0, 0.1) is 0 Å². The monoisotopic (exact) mass is 352 g/mol. The molecule has 3 rings (SSSR count). The average molecular weight is 352 g/mol. The molecule has 2 amide bonds. The minimum atomic E-state index is -0.795. The minimum Gasteiger partial charge on any atom is -0.467 e. The van der Waals surface area contributed by atoms with Gasteiger partial charge in [0.25, 0.3) is 0 Å². The molecule has 1 aliphatic heterocycles. The Morgan fingerprint density at radius 3 is 2.31 bits per heavy atom. The van der Waals surface area contributed by atoms with Gasteiger partial charge in [-0.2, -0.15) is 0 Å². The lowest BCUT2D eigenvalue weighted by Crippen LogP contribution is -2.65. The van der Waals surface area contributed by atoms with Crippen LogP contribution in [0.2, 0.25) is 0 Å². The second-order valence-electron chi connectivity index (χ2n) is 6.11. The second kappa shape index (κ2) is 7.82. The summed E-state index contributed by atoms with van der Waals surface area (Å²) < 4.78 is 4.85. The molecule has 0 saturated carbocycles. The van der Waals surface area contributed by atoms with Gasteiger partial charge < -0.3 is 15.0 Å². The molecule has 6 heteroatoms. The number of ether oxygens (including phenoxy) is 1. The predicted octanol–water partition coefficient (Wildman–Crippen LogP) is 1.47. The fraction of sp³-hybridized carbons (Fsp3) is 0.250. The number of amides is 2. The molecule has 0 bridgehead atoms. The van der Waals surface area contributed by atoms with E-state index in [1.807, 2.05) is 36.4 Å². The van der Waals surface area contributed by atoms with Crippen LogP contribution in [0.3, 0.4) is 0 Å². The van der Waals surface area contributed by atoms with E-state index in [9.17, 15) is 14.4 Å². The SMILES string of the molecule is COC(=O)C(c1ccccc1)N1CC(NC(=O)Cc2ccccc2)C1=O. The molecule has 1 fully saturated rings. The van der Waals surface area contributed by atoms with Crippen molar-refractivity contribution < 1.29 is 19.1 Å². The molecule has 2 aromatic rings. The molecule has 2 aromatic carbocycles. The van der Waals surface area contributed by atoms with E-state index in [0.29, 0.717) is 5.56 Å². The van der Waals surface area contributed by atoms with Gasteiger partial charge in [-0.05, 0) is 11.1 Å². The molecule has 1 N–H and O–H groups in total. The number of esters is 1. The summed E-state index contributed by atoms with van der Waals surface area (Å²) in [6, 6.07) is 16.9. The van der Waals surface area contributed by atoms with Crippen molar-refractivity contribution in [3.05, 3.63) is 71.8 Å². The fourth-order valence-electron chi connectivity index (χ4n) is 3.01. The Hall–Kier alpha value is -3.15. The summed E-state index contributed by atoms with van der Waals surface area (Å²) in [5.41, 5.74) is 1.56. The van der Waals surface area contributed by atoms with Gasteiger partial charge in [0.2, 0.25) is 11.8 Å². The summed E-state index contributed by atoms with van der Waals surface area (Å²) in [4.78, 5) is 38.2. The normalized spacial score (nSPS) is 17.2. The number of hydrogen-bond acceptors (Lipinski definition) is 4. The van der Waals surface area contributed by atoms with Gasteiger partial charge in [-0.15, -0.1) is 0 Å². The Balaban J connectivity index is 1.63. The Bertz CT molecular complexity index is 792. The van der Waals surface area contributed by atoms with E-state index in [1.54, 1.807) is 24.3 Å². The number of hydrogen-bond donors (Lipinski definition) is 1. The Morgan fingerprint density at radius 1 is 1.12 bits per heavy atom. The average Bonchev–Trinajstić information content (AvgIpc) is 2.68. The zero-order chi connectivity index (χ0) is 18.5. The predicted molar refractivity (Wildman–Crippen MR) is 95.0 cm³/mol. The van der Waals surface area contributed by atoms with Crippen molar-refractivity contribution in [1.29, 1.82) is 0 Å². The van der Waals surface area contributed by atoms with Crippen molar-refractivity contribution in [2.45, 2.75) is 18.5 Å². The molecule has 0 aliphatic carbocycles. The molecule has 0 spiro atoms. The maximum absolute atomic E-state index is 12.5. The fourth-order valence-corrected chi connectivity index (χ4v) is 3.01. The minimum absolute atomic E-state index is 0.212. The number of benzene rings is 2. The lowest BCUT2D eigenvalue weighted by molar-refractivity contribution is -0.162. The van der Waals surface area contributed by atoms with Crippen LogP contribution >= 0.6 is 0 Å². The van der Waals surface area contributed by atoms with Gasteiger partial charge in [-0.1, -0.05) is 60.7 Å². The highest BCUT2D eigenvalue weighted by atomic mass is 16.5. The summed E-state index contributed by atoms with van der Waals surface area (Å²) in [6.45, 7) is 0.272. The molecule has 134 valence electrons. The van der Waals surface area contributed by atoms with Crippen LogP contribution < -0.4 is 5.32 Å². The van der Waals surface area contributed by atoms with Crippen LogP contribution in [0.1, 0.15) is 17.2 Å². The smallest absolute Gasteiger partial charge is 0.333 e. The summed E-state index contributed by atoms with van der Waals surface area (Å²) in [6.07, 6.45) is 0.212. The first-order valence-corrected chi connectivity index (χ1v) is 8.36. The van der Waals surface area contributed by atoms with Gasteiger partial charge >= 0.3 is 5.97 Å². The summed E-state index contributed by atoms with van der Waals surface area (Å²) in [5, 5.41) is 2.73. The number of nitrogens with zero attached hydrogens (tertiary/aromatic N) is 1. The maximum atomic E-state index is 12.5. The van der Waals surface area contributed by atoms with Gasteiger partial charge in [-0.25, -0.2) is 4.79 Å². The summed E-state index contributed by atoms with van der Waals surface area (Å²) in [7, 11) is 1.29. The summed E-state index contributed by atoms with van der Waals surface area (Å²) >= 11 is 0. The highest BCUT2D eigenvalue weighted by Gasteiger charge is 2.45. The van der Waals surface area contributed by atoms with Gasteiger partial charge in [0.15, 0.2) is 6.04 Å². The molecule has 2 unspecified atom stereocenters. The van der Waals surface area contributed by atoms with E-state index in [0.717, 1.165) is 5.56 Å². The van der Waals surface area contributed by atoms with Crippen LogP contribution in [0.15, 0.2) is 60.7 Å². The van der Waals surface area contributed by atoms with E-state index in [1.165, 1.54) is 12.0 Å². The molecular weight excluding hydrogens is 332 g/mol. The van der Waals surface area contributed by atoms with Gasteiger partial charge in [0.1, 0.15) is 6.04 Å². The van der Waals surface area contributed by atoms with Crippen molar-refractivity contribution in [3.63, 3.8) is 0 Å². The van der Waals surface area contributed by atoms with Crippen LogP contribution in [0.25, 0.3) is 0 Å². The topological polar surface area (TPSA) is 75.7 Å². The Labute approximate surface area is 151 Å². The third-order valence-electron chi connectivity index (χ3n) is 4.35. The molecule has 1 saturated heterocycles. The van der Waals surface area contributed by atoms with Crippen molar-refractivity contribution in [2.24, 2.45) is 0 Å². The third-order valence-corrected chi connectivity index (χ3v) is 4.35. The van der Waals surface area contributed by atoms with Gasteiger partial charge in [-0.3, -0.25) is 9.59 Å². The number of carbonyl (C=O) groups excluding carboxylic acids is 3. The number of methoxy groups -OCH3 is 1. The highest BCUT2D eigenvalue weighted by molar-refractivity contribution is 5.96. The van der Waals surface area contributed by atoms with Crippen LogP contribution in [0.5, 0.6) is 0 Å². The van der Waals surface area contributed by atoms with Gasteiger partial charge in [0.05, 0.1) is 20.1 Å². The first-order chi connectivity index (χ1) is 12.6. The zero-order valence-electron chi connectivity index (χ0n) is 14.4. The van der Waals surface area contributed by atoms with Crippen LogP contribution in [-0.2, 0) is 25.5 Å². The van der Waals surface area contributed by atoms with Crippen molar-refractivity contribution in [1.82, 2.24) is 10.2 Å². The van der Waals surface area contributed by atoms with Crippen molar-refractivity contribution in [2.75, 3.05) is 13.7 Å². The molecule has 2 atom stereocenters. The van der Waals surface area contributed by atoms with Crippen LogP contribution in [-0.4, -0.2) is 42.4 Å². The van der Waals surface area contributed by atoms with E-state index in [4.69, 9.17) is 4.74 Å².